The Bertz CT molecular complexity index is 654. The van der Waals surface area contributed by atoms with Crippen LogP contribution in [0.3, 0.4) is 0 Å². The fraction of sp³-hybridized carbons (Fsp3) is 0.625. The number of aromatic nitrogens is 5. The molecule has 23 heavy (non-hydrogen) atoms. The van der Waals surface area contributed by atoms with Crippen molar-refractivity contribution in [2.24, 2.45) is 0 Å². The van der Waals surface area contributed by atoms with E-state index < -0.39 is 0 Å². The standard InChI is InChI=1S/C16H23N7/c1-13-11-21(8-9-22(13)15-10-17-5-6-18-15)12-16-20-19-14-4-2-3-7-23(14)16/h5-6,10,13H,2-4,7-9,11-12H2,1H3. The van der Waals surface area contributed by atoms with Gasteiger partial charge < -0.3 is 9.47 Å². The number of anilines is 1. The van der Waals surface area contributed by atoms with Gasteiger partial charge in [-0.05, 0) is 19.8 Å². The Hall–Kier alpha value is -2.02. The number of fused-ring (bicyclic) bond motifs is 1. The third kappa shape index (κ3) is 2.93. The van der Waals surface area contributed by atoms with E-state index >= 15 is 0 Å². The maximum absolute atomic E-state index is 4.43. The van der Waals surface area contributed by atoms with Gasteiger partial charge in [0.15, 0.2) is 0 Å². The molecule has 2 aliphatic rings. The fourth-order valence-corrected chi connectivity index (χ4v) is 3.64. The molecule has 2 aromatic heterocycles. The van der Waals surface area contributed by atoms with Crippen LogP contribution in [0, 0.1) is 0 Å². The highest BCUT2D eigenvalue weighted by molar-refractivity contribution is 5.37. The van der Waals surface area contributed by atoms with Gasteiger partial charge in [0.1, 0.15) is 17.5 Å². The molecular weight excluding hydrogens is 290 g/mol. The molecule has 0 spiro atoms. The molecule has 0 bridgehead atoms. The highest BCUT2D eigenvalue weighted by atomic mass is 15.3. The number of hydrogen-bond donors (Lipinski definition) is 0. The zero-order valence-electron chi connectivity index (χ0n) is 13.6. The molecule has 0 saturated carbocycles. The molecule has 1 fully saturated rings. The van der Waals surface area contributed by atoms with Crippen molar-refractivity contribution in [1.29, 1.82) is 0 Å². The van der Waals surface area contributed by atoms with Gasteiger partial charge in [0.25, 0.3) is 0 Å². The van der Waals surface area contributed by atoms with Crippen LogP contribution in [0.2, 0.25) is 0 Å². The smallest absolute Gasteiger partial charge is 0.147 e. The zero-order chi connectivity index (χ0) is 15.6. The van der Waals surface area contributed by atoms with Crippen LogP contribution in [0.5, 0.6) is 0 Å². The third-order valence-corrected chi connectivity index (χ3v) is 4.86. The van der Waals surface area contributed by atoms with Crippen LogP contribution in [-0.2, 0) is 19.5 Å². The molecule has 0 N–H and O–H groups in total. The first-order chi connectivity index (χ1) is 11.3. The number of aryl methyl sites for hydroxylation is 1. The Morgan fingerprint density at radius 3 is 2.91 bits per heavy atom. The second kappa shape index (κ2) is 6.23. The Kier molecular flexibility index (Phi) is 3.95. The lowest BCUT2D eigenvalue weighted by Gasteiger charge is -2.40. The molecule has 1 unspecified atom stereocenters. The van der Waals surface area contributed by atoms with Gasteiger partial charge in [-0.15, -0.1) is 10.2 Å². The molecule has 4 heterocycles. The van der Waals surface area contributed by atoms with Crippen LogP contribution in [0.4, 0.5) is 5.82 Å². The van der Waals surface area contributed by atoms with Crippen molar-refractivity contribution in [2.75, 3.05) is 24.5 Å². The van der Waals surface area contributed by atoms with Crippen LogP contribution >= 0.6 is 0 Å². The Balaban J connectivity index is 1.42. The van der Waals surface area contributed by atoms with Crippen molar-refractivity contribution in [3.05, 3.63) is 30.2 Å². The fourth-order valence-electron chi connectivity index (χ4n) is 3.64. The maximum Gasteiger partial charge on any atom is 0.147 e. The summed E-state index contributed by atoms with van der Waals surface area (Å²) in [5.74, 6) is 3.26. The summed E-state index contributed by atoms with van der Waals surface area (Å²) in [5, 5.41) is 8.79. The van der Waals surface area contributed by atoms with E-state index in [1.54, 1.807) is 12.4 Å². The average molecular weight is 313 g/mol. The van der Waals surface area contributed by atoms with Gasteiger partial charge >= 0.3 is 0 Å². The number of rotatable bonds is 3. The molecule has 7 nitrogen and oxygen atoms in total. The van der Waals surface area contributed by atoms with E-state index in [1.807, 2.05) is 6.20 Å². The Morgan fingerprint density at radius 1 is 1.13 bits per heavy atom. The first kappa shape index (κ1) is 14.6. The lowest BCUT2D eigenvalue weighted by atomic mass is 10.1. The van der Waals surface area contributed by atoms with Gasteiger partial charge in [0, 0.05) is 51.0 Å². The highest BCUT2D eigenvalue weighted by Gasteiger charge is 2.26. The molecule has 0 aromatic carbocycles. The predicted octanol–water partition coefficient (Wildman–Crippen LogP) is 1.12. The molecule has 2 aliphatic heterocycles. The maximum atomic E-state index is 4.43. The molecule has 1 atom stereocenters. The van der Waals surface area contributed by atoms with E-state index in [0.29, 0.717) is 6.04 Å². The van der Waals surface area contributed by atoms with E-state index in [1.165, 1.54) is 12.8 Å². The summed E-state index contributed by atoms with van der Waals surface area (Å²) >= 11 is 0. The SMILES string of the molecule is CC1CN(Cc2nnc3n2CCCC3)CCN1c1cnccn1. The number of hydrogen-bond acceptors (Lipinski definition) is 6. The largest absolute Gasteiger partial charge is 0.350 e. The number of piperazine rings is 1. The minimum absolute atomic E-state index is 0.421. The Labute approximate surface area is 136 Å². The lowest BCUT2D eigenvalue weighted by molar-refractivity contribution is 0.211. The predicted molar refractivity (Wildman–Crippen MR) is 87.1 cm³/mol. The van der Waals surface area contributed by atoms with E-state index in [4.69, 9.17) is 0 Å². The highest BCUT2D eigenvalue weighted by Crippen LogP contribution is 2.20. The van der Waals surface area contributed by atoms with Crippen molar-refractivity contribution in [1.82, 2.24) is 29.6 Å². The van der Waals surface area contributed by atoms with Gasteiger partial charge in [0.05, 0.1) is 12.7 Å². The van der Waals surface area contributed by atoms with Gasteiger partial charge in [-0.25, -0.2) is 4.98 Å². The summed E-state index contributed by atoms with van der Waals surface area (Å²) < 4.78 is 2.32. The quantitative estimate of drug-likeness (QED) is 0.846. The second-order valence-electron chi connectivity index (χ2n) is 6.48. The van der Waals surface area contributed by atoms with Crippen molar-refractivity contribution in [2.45, 2.75) is 45.3 Å². The minimum atomic E-state index is 0.421. The van der Waals surface area contributed by atoms with Crippen molar-refractivity contribution in [3.8, 4) is 0 Å². The van der Waals surface area contributed by atoms with Crippen molar-refractivity contribution in [3.63, 3.8) is 0 Å². The topological polar surface area (TPSA) is 63.0 Å². The lowest BCUT2D eigenvalue weighted by Crippen LogP contribution is -2.52. The van der Waals surface area contributed by atoms with Gasteiger partial charge in [0.2, 0.25) is 0 Å². The molecule has 1 saturated heterocycles. The van der Waals surface area contributed by atoms with Crippen LogP contribution in [-0.4, -0.2) is 55.3 Å². The van der Waals surface area contributed by atoms with Gasteiger partial charge in [-0.3, -0.25) is 9.88 Å². The molecule has 0 radical (unpaired) electrons. The van der Waals surface area contributed by atoms with Crippen LogP contribution in [0.15, 0.2) is 18.6 Å². The molecule has 0 amide bonds. The van der Waals surface area contributed by atoms with Crippen LogP contribution < -0.4 is 4.90 Å². The van der Waals surface area contributed by atoms with E-state index in [0.717, 1.165) is 56.6 Å². The molecule has 0 aliphatic carbocycles. The Morgan fingerprint density at radius 2 is 2.09 bits per heavy atom. The summed E-state index contributed by atoms with van der Waals surface area (Å²) in [5.41, 5.74) is 0. The minimum Gasteiger partial charge on any atom is -0.350 e. The zero-order valence-corrected chi connectivity index (χ0v) is 13.6. The normalized spacial score (nSPS) is 22.1. The molecule has 122 valence electrons. The van der Waals surface area contributed by atoms with E-state index in [2.05, 4.69) is 41.5 Å². The monoisotopic (exact) mass is 313 g/mol. The first-order valence-corrected chi connectivity index (χ1v) is 8.47. The van der Waals surface area contributed by atoms with Gasteiger partial charge in [-0.1, -0.05) is 0 Å². The van der Waals surface area contributed by atoms with E-state index in [9.17, 15) is 0 Å². The molecule has 4 rings (SSSR count). The first-order valence-electron chi connectivity index (χ1n) is 8.47. The summed E-state index contributed by atoms with van der Waals surface area (Å²) in [6, 6.07) is 0.421. The molecule has 2 aromatic rings. The molecule has 7 heteroatoms. The van der Waals surface area contributed by atoms with E-state index in [-0.39, 0.29) is 0 Å². The van der Waals surface area contributed by atoms with Gasteiger partial charge in [-0.2, -0.15) is 0 Å². The van der Waals surface area contributed by atoms with Crippen molar-refractivity contribution < 1.29 is 0 Å². The van der Waals surface area contributed by atoms with Crippen LogP contribution in [0.1, 0.15) is 31.4 Å². The summed E-state index contributed by atoms with van der Waals surface area (Å²) in [6.45, 7) is 7.22. The third-order valence-electron chi connectivity index (χ3n) is 4.86. The summed E-state index contributed by atoms with van der Waals surface area (Å²) in [6.07, 6.45) is 8.89. The summed E-state index contributed by atoms with van der Waals surface area (Å²) in [4.78, 5) is 13.4. The van der Waals surface area contributed by atoms with Crippen LogP contribution in [0.25, 0.3) is 0 Å². The number of nitrogens with zero attached hydrogens (tertiary/aromatic N) is 7. The average Bonchev–Trinajstić information content (AvgIpc) is 2.99. The van der Waals surface area contributed by atoms with Crippen molar-refractivity contribution >= 4 is 5.82 Å². The molecular formula is C16H23N7. The second-order valence-corrected chi connectivity index (χ2v) is 6.48. The summed E-state index contributed by atoms with van der Waals surface area (Å²) in [7, 11) is 0.